The monoisotopic (exact) mass is 354 g/mol. The van der Waals surface area contributed by atoms with Gasteiger partial charge in [-0.1, -0.05) is 35.5 Å². The summed E-state index contributed by atoms with van der Waals surface area (Å²) in [6.45, 7) is 1.51. The van der Waals surface area contributed by atoms with Gasteiger partial charge in [0.2, 0.25) is 11.8 Å². The van der Waals surface area contributed by atoms with E-state index in [1.807, 2.05) is 23.1 Å². The van der Waals surface area contributed by atoms with E-state index < -0.39 is 0 Å². The zero-order valence-electron chi connectivity index (χ0n) is 15.1. The highest BCUT2D eigenvalue weighted by Gasteiger charge is 2.39. The number of benzene rings is 1. The first-order valence-electron chi connectivity index (χ1n) is 9.59. The van der Waals surface area contributed by atoms with Gasteiger partial charge < -0.3 is 15.2 Å². The summed E-state index contributed by atoms with van der Waals surface area (Å²) < 4.78 is 5.48. The van der Waals surface area contributed by atoms with Gasteiger partial charge in [-0.15, -0.1) is 0 Å². The zero-order chi connectivity index (χ0) is 18.0. The van der Waals surface area contributed by atoms with Crippen molar-refractivity contribution < 1.29 is 9.32 Å². The number of hydrogen-bond acceptors (Lipinski definition) is 5. The average molecular weight is 354 g/mol. The number of rotatable bonds is 5. The summed E-state index contributed by atoms with van der Waals surface area (Å²) in [5.74, 6) is 1.81. The van der Waals surface area contributed by atoms with Crippen molar-refractivity contribution in [2.75, 3.05) is 13.1 Å². The Hall–Kier alpha value is -2.21. The fourth-order valence-corrected chi connectivity index (χ4v) is 3.81. The highest BCUT2D eigenvalue weighted by atomic mass is 16.5. The number of nitrogens with two attached hydrogens (primary N) is 1. The summed E-state index contributed by atoms with van der Waals surface area (Å²) in [6, 6.07) is 10.2. The van der Waals surface area contributed by atoms with Crippen molar-refractivity contribution in [2.24, 2.45) is 5.73 Å². The standard InChI is InChI=1S/C20H26N4O2/c21-20(11-4-12-20)19-22-18(26-23-19)16-9-13-24(14-10-16)17(25)8-7-15-5-2-1-3-6-15/h1-3,5-6,16H,4,7-14,21H2. The van der Waals surface area contributed by atoms with E-state index in [9.17, 15) is 4.79 Å². The lowest BCUT2D eigenvalue weighted by molar-refractivity contribution is -0.132. The first-order chi connectivity index (χ1) is 12.6. The molecule has 1 aliphatic carbocycles. The number of nitrogens with zero attached hydrogens (tertiary/aromatic N) is 3. The quantitative estimate of drug-likeness (QED) is 0.892. The van der Waals surface area contributed by atoms with Crippen molar-refractivity contribution in [3.05, 3.63) is 47.6 Å². The molecule has 1 amide bonds. The topological polar surface area (TPSA) is 85.2 Å². The van der Waals surface area contributed by atoms with Gasteiger partial charge >= 0.3 is 0 Å². The second-order valence-electron chi connectivity index (χ2n) is 7.61. The van der Waals surface area contributed by atoms with E-state index in [0.717, 1.165) is 51.6 Å². The molecule has 2 aromatic rings. The molecule has 2 heterocycles. The van der Waals surface area contributed by atoms with Crippen molar-refractivity contribution in [1.82, 2.24) is 15.0 Å². The molecule has 1 aromatic heterocycles. The van der Waals surface area contributed by atoms with Crippen LogP contribution in [0.1, 0.15) is 61.7 Å². The molecule has 6 nitrogen and oxygen atoms in total. The maximum atomic E-state index is 12.5. The third kappa shape index (κ3) is 3.51. The smallest absolute Gasteiger partial charge is 0.229 e. The Labute approximate surface area is 153 Å². The van der Waals surface area contributed by atoms with Crippen molar-refractivity contribution in [3.8, 4) is 0 Å². The number of piperidine rings is 1. The number of carbonyl (C=O) groups excluding carboxylic acids is 1. The average Bonchev–Trinajstić information content (AvgIpc) is 3.16. The molecule has 1 aliphatic heterocycles. The Kier molecular flexibility index (Phi) is 4.76. The predicted molar refractivity (Wildman–Crippen MR) is 97.3 cm³/mol. The summed E-state index contributed by atoms with van der Waals surface area (Å²) in [7, 11) is 0. The molecular weight excluding hydrogens is 328 g/mol. The van der Waals surface area contributed by atoms with E-state index in [0.29, 0.717) is 18.1 Å². The summed E-state index contributed by atoms with van der Waals surface area (Å²) in [6.07, 6.45) is 6.09. The van der Waals surface area contributed by atoms with Crippen LogP contribution in [0.25, 0.3) is 0 Å². The van der Waals surface area contributed by atoms with Crippen LogP contribution in [0.3, 0.4) is 0 Å². The van der Waals surface area contributed by atoms with Crippen molar-refractivity contribution in [3.63, 3.8) is 0 Å². The molecule has 1 saturated carbocycles. The maximum Gasteiger partial charge on any atom is 0.229 e. The van der Waals surface area contributed by atoms with Gasteiger partial charge in [-0.25, -0.2) is 0 Å². The van der Waals surface area contributed by atoms with Gasteiger partial charge in [0, 0.05) is 25.4 Å². The van der Waals surface area contributed by atoms with Gasteiger partial charge in [0.15, 0.2) is 5.82 Å². The molecule has 1 saturated heterocycles. The third-order valence-electron chi connectivity index (χ3n) is 5.80. The number of amides is 1. The molecule has 0 radical (unpaired) electrons. The molecule has 0 spiro atoms. The van der Waals surface area contributed by atoms with Crippen LogP contribution in [0, 0.1) is 0 Å². The molecule has 4 rings (SSSR count). The van der Waals surface area contributed by atoms with E-state index in [1.54, 1.807) is 0 Å². The Morgan fingerprint density at radius 1 is 1.23 bits per heavy atom. The van der Waals surface area contributed by atoms with Crippen LogP contribution in [-0.4, -0.2) is 34.0 Å². The number of aromatic nitrogens is 2. The molecule has 0 unspecified atom stereocenters. The van der Waals surface area contributed by atoms with Crippen LogP contribution < -0.4 is 5.73 Å². The SMILES string of the molecule is NC1(c2noc(C3CCN(C(=O)CCc4ccccc4)CC3)n2)CCC1. The minimum Gasteiger partial charge on any atom is -0.343 e. The molecular formula is C20H26N4O2. The van der Waals surface area contributed by atoms with Gasteiger partial charge in [-0.3, -0.25) is 4.79 Å². The van der Waals surface area contributed by atoms with Gasteiger partial charge in [0.1, 0.15) is 0 Å². The molecule has 0 atom stereocenters. The summed E-state index contributed by atoms with van der Waals surface area (Å²) in [5.41, 5.74) is 7.10. The van der Waals surface area contributed by atoms with Crippen molar-refractivity contribution in [1.29, 1.82) is 0 Å². The van der Waals surface area contributed by atoms with Gasteiger partial charge in [0.25, 0.3) is 0 Å². The number of hydrogen-bond donors (Lipinski definition) is 1. The highest BCUT2D eigenvalue weighted by Crippen LogP contribution is 2.38. The van der Waals surface area contributed by atoms with Crippen molar-refractivity contribution in [2.45, 2.75) is 56.4 Å². The Morgan fingerprint density at radius 2 is 1.96 bits per heavy atom. The minimum absolute atomic E-state index is 0.230. The van der Waals surface area contributed by atoms with E-state index in [4.69, 9.17) is 10.3 Å². The zero-order valence-corrected chi connectivity index (χ0v) is 15.1. The van der Waals surface area contributed by atoms with Crippen LogP contribution in [0.15, 0.2) is 34.9 Å². The molecule has 2 fully saturated rings. The first-order valence-corrected chi connectivity index (χ1v) is 9.59. The van der Waals surface area contributed by atoms with E-state index >= 15 is 0 Å². The lowest BCUT2D eigenvalue weighted by Gasteiger charge is -2.34. The Morgan fingerprint density at radius 3 is 2.62 bits per heavy atom. The first kappa shape index (κ1) is 17.2. The second kappa shape index (κ2) is 7.19. The fourth-order valence-electron chi connectivity index (χ4n) is 3.81. The van der Waals surface area contributed by atoms with Crippen LogP contribution in [-0.2, 0) is 16.8 Å². The maximum absolute atomic E-state index is 12.5. The molecule has 1 aromatic carbocycles. The van der Waals surface area contributed by atoms with Crippen LogP contribution in [0.5, 0.6) is 0 Å². The third-order valence-corrected chi connectivity index (χ3v) is 5.80. The van der Waals surface area contributed by atoms with Crippen molar-refractivity contribution >= 4 is 5.91 Å². The van der Waals surface area contributed by atoms with Crippen LogP contribution in [0.4, 0.5) is 0 Å². The molecule has 138 valence electrons. The predicted octanol–water partition coefficient (Wildman–Crippen LogP) is 2.75. The fraction of sp³-hybridized carbons (Fsp3) is 0.550. The van der Waals surface area contributed by atoms with E-state index in [1.165, 1.54) is 5.56 Å². The summed E-state index contributed by atoms with van der Waals surface area (Å²) in [5, 5.41) is 4.11. The Bertz CT molecular complexity index is 746. The summed E-state index contributed by atoms with van der Waals surface area (Å²) in [4.78, 5) is 19.0. The normalized spacial score (nSPS) is 20.0. The van der Waals surface area contributed by atoms with Gasteiger partial charge in [-0.2, -0.15) is 4.98 Å². The minimum atomic E-state index is -0.379. The largest absolute Gasteiger partial charge is 0.343 e. The lowest BCUT2D eigenvalue weighted by atomic mass is 9.77. The highest BCUT2D eigenvalue weighted by molar-refractivity contribution is 5.76. The number of likely N-dealkylation sites (tertiary alicyclic amines) is 1. The number of carbonyl (C=O) groups is 1. The van der Waals surface area contributed by atoms with E-state index in [2.05, 4.69) is 22.3 Å². The second-order valence-corrected chi connectivity index (χ2v) is 7.61. The summed E-state index contributed by atoms with van der Waals surface area (Å²) >= 11 is 0. The molecule has 2 N–H and O–H groups in total. The van der Waals surface area contributed by atoms with Crippen LogP contribution in [0.2, 0.25) is 0 Å². The molecule has 6 heteroatoms. The Balaban J connectivity index is 1.28. The molecule has 2 aliphatic rings. The molecule has 26 heavy (non-hydrogen) atoms. The van der Waals surface area contributed by atoms with Crippen LogP contribution >= 0.6 is 0 Å². The lowest BCUT2D eigenvalue weighted by Crippen LogP contribution is -2.44. The van der Waals surface area contributed by atoms with Gasteiger partial charge in [-0.05, 0) is 44.1 Å². The molecule has 0 bridgehead atoms. The van der Waals surface area contributed by atoms with Gasteiger partial charge in [0.05, 0.1) is 5.54 Å². The van der Waals surface area contributed by atoms with E-state index in [-0.39, 0.29) is 17.4 Å². The number of aryl methyl sites for hydroxylation is 1.